The van der Waals surface area contributed by atoms with E-state index < -0.39 is 0 Å². The standard InChI is InChI=1S/C45H92/c1-20-26-28-33-44(38(13)23-4,40(14,15)16)45(42(19,25-6)31-22-3,39(30-29-35(7)8)41(17,18)24-5)43(37(11)12,32-27-21-2)34-36(9)10/h35-39H,20-34H2,1-19H3. The van der Waals surface area contributed by atoms with Gasteiger partial charge in [0.2, 0.25) is 0 Å². The van der Waals surface area contributed by atoms with Crippen molar-refractivity contribution < 1.29 is 0 Å². The predicted octanol–water partition coefficient (Wildman–Crippen LogP) is 16.2. The fourth-order valence-corrected chi connectivity index (χ4v) is 12.0. The maximum Gasteiger partial charge on any atom is -0.00874 e. The molecule has 0 amide bonds. The summed E-state index contributed by atoms with van der Waals surface area (Å²) < 4.78 is 0. The van der Waals surface area contributed by atoms with E-state index in [1.807, 2.05) is 0 Å². The lowest BCUT2D eigenvalue weighted by Gasteiger charge is -2.78. The number of hydrogen-bond acceptors (Lipinski definition) is 0. The molecule has 6 atom stereocenters. The van der Waals surface area contributed by atoms with Gasteiger partial charge in [0.25, 0.3) is 0 Å². The zero-order chi connectivity index (χ0) is 35.5. The van der Waals surface area contributed by atoms with Gasteiger partial charge in [-0.2, -0.15) is 0 Å². The fourth-order valence-electron chi connectivity index (χ4n) is 12.0. The second-order valence-corrected chi connectivity index (χ2v) is 19.3. The topological polar surface area (TPSA) is 0 Å². The number of hydrogen-bond donors (Lipinski definition) is 0. The summed E-state index contributed by atoms with van der Waals surface area (Å²) in [5.41, 5.74) is 1.34. The van der Waals surface area contributed by atoms with Gasteiger partial charge >= 0.3 is 0 Å². The summed E-state index contributed by atoms with van der Waals surface area (Å²) in [5.74, 6) is 3.39. The third kappa shape index (κ3) is 8.97. The van der Waals surface area contributed by atoms with Gasteiger partial charge in [0.05, 0.1) is 0 Å². The Hall–Kier alpha value is 0. The summed E-state index contributed by atoms with van der Waals surface area (Å²) in [7, 11) is 0. The summed E-state index contributed by atoms with van der Waals surface area (Å²) >= 11 is 0. The quantitative estimate of drug-likeness (QED) is 0.0929. The molecule has 0 rings (SSSR count). The van der Waals surface area contributed by atoms with Crippen LogP contribution in [0, 0.1) is 62.1 Å². The molecule has 0 N–H and O–H groups in total. The average Bonchev–Trinajstić information content (AvgIpc) is 2.94. The monoisotopic (exact) mass is 633 g/mol. The number of rotatable bonds is 24. The van der Waals surface area contributed by atoms with Crippen LogP contribution in [0.3, 0.4) is 0 Å². The molecule has 0 aromatic heterocycles. The van der Waals surface area contributed by atoms with Crippen molar-refractivity contribution in [1.82, 2.24) is 0 Å². The average molecular weight is 633 g/mol. The first-order valence-corrected chi connectivity index (χ1v) is 20.7. The van der Waals surface area contributed by atoms with Gasteiger partial charge in [0.1, 0.15) is 0 Å². The van der Waals surface area contributed by atoms with Crippen LogP contribution in [0.1, 0.15) is 228 Å². The highest BCUT2D eigenvalue weighted by Gasteiger charge is 2.75. The molecule has 0 aliphatic rings. The maximum atomic E-state index is 2.87. The molecular weight excluding hydrogens is 540 g/mol. The molecule has 0 radical (unpaired) electrons. The molecule has 0 bridgehead atoms. The maximum absolute atomic E-state index is 2.87. The summed E-state index contributed by atoms with van der Waals surface area (Å²) in [6.07, 6.45) is 20.0. The Morgan fingerprint density at radius 2 is 1.09 bits per heavy atom. The van der Waals surface area contributed by atoms with Crippen molar-refractivity contribution in [3.8, 4) is 0 Å². The van der Waals surface area contributed by atoms with Crippen LogP contribution in [0.25, 0.3) is 0 Å². The Labute approximate surface area is 289 Å². The van der Waals surface area contributed by atoms with Crippen molar-refractivity contribution in [2.75, 3.05) is 0 Å². The molecule has 0 heterocycles. The third-order valence-corrected chi connectivity index (χ3v) is 14.3. The van der Waals surface area contributed by atoms with Crippen molar-refractivity contribution in [3.63, 3.8) is 0 Å². The molecule has 0 fully saturated rings. The molecule has 0 heteroatoms. The minimum Gasteiger partial charge on any atom is -0.0654 e. The second kappa shape index (κ2) is 18.7. The Balaban J connectivity index is 9.55. The second-order valence-electron chi connectivity index (χ2n) is 19.3. The van der Waals surface area contributed by atoms with Crippen LogP contribution in [0.5, 0.6) is 0 Å². The molecule has 272 valence electrons. The molecule has 0 saturated heterocycles. The van der Waals surface area contributed by atoms with Crippen LogP contribution in [0.2, 0.25) is 0 Å². The first kappa shape index (κ1) is 45.0. The van der Waals surface area contributed by atoms with E-state index in [1.165, 1.54) is 96.3 Å². The molecule has 0 saturated carbocycles. The van der Waals surface area contributed by atoms with Crippen molar-refractivity contribution in [2.24, 2.45) is 62.1 Å². The van der Waals surface area contributed by atoms with Crippen molar-refractivity contribution in [1.29, 1.82) is 0 Å². The Bertz CT molecular complexity index is 778. The Morgan fingerprint density at radius 1 is 0.533 bits per heavy atom. The van der Waals surface area contributed by atoms with Gasteiger partial charge in [-0.25, -0.2) is 0 Å². The van der Waals surface area contributed by atoms with Crippen LogP contribution in [0.15, 0.2) is 0 Å². The minimum atomic E-state index is 0.182. The molecular formula is C45H92. The van der Waals surface area contributed by atoms with Crippen molar-refractivity contribution in [3.05, 3.63) is 0 Å². The van der Waals surface area contributed by atoms with Gasteiger partial charge in [-0.1, -0.05) is 196 Å². The highest BCUT2D eigenvalue weighted by Crippen LogP contribution is 2.81. The van der Waals surface area contributed by atoms with Gasteiger partial charge in [0.15, 0.2) is 0 Å². The third-order valence-electron chi connectivity index (χ3n) is 14.3. The van der Waals surface area contributed by atoms with Gasteiger partial charge in [0, 0.05) is 0 Å². The molecule has 0 spiro atoms. The van der Waals surface area contributed by atoms with E-state index >= 15 is 0 Å². The Kier molecular flexibility index (Phi) is 18.7. The zero-order valence-corrected chi connectivity index (χ0v) is 35.5. The van der Waals surface area contributed by atoms with Gasteiger partial charge in [-0.3, -0.25) is 0 Å². The van der Waals surface area contributed by atoms with Gasteiger partial charge < -0.3 is 0 Å². The van der Waals surface area contributed by atoms with Crippen LogP contribution in [0.4, 0.5) is 0 Å². The first-order valence-electron chi connectivity index (χ1n) is 20.7. The molecule has 0 aliphatic heterocycles. The van der Waals surface area contributed by atoms with E-state index in [1.54, 1.807) is 0 Å². The Morgan fingerprint density at radius 3 is 1.44 bits per heavy atom. The van der Waals surface area contributed by atoms with Gasteiger partial charge in [-0.05, 0) is 94.2 Å². The SMILES string of the molecule is CCCCCC(C(C)CC)(C(C)(C)C)C(C(CCC(C)C)C(C)(C)CC)(C(C)(CC)CCC)C(CCCC)(CC(C)C)C(C)C. The minimum absolute atomic E-state index is 0.182. The van der Waals surface area contributed by atoms with Crippen LogP contribution < -0.4 is 0 Å². The predicted molar refractivity (Wildman–Crippen MR) is 209 cm³/mol. The highest BCUT2D eigenvalue weighted by atomic mass is 14.8. The van der Waals surface area contributed by atoms with Crippen LogP contribution >= 0.6 is 0 Å². The van der Waals surface area contributed by atoms with Crippen molar-refractivity contribution in [2.45, 2.75) is 228 Å². The molecule has 0 aliphatic carbocycles. The summed E-state index contributed by atoms with van der Waals surface area (Å²) in [6.45, 7) is 49.9. The first-order chi connectivity index (χ1) is 20.7. The van der Waals surface area contributed by atoms with E-state index in [-0.39, 0.29) is 32.5 Å². The summed E-state index contributed by atoms with van der Waals surface area (Å²) in [6, 6.07) is 0. The molecule has 45 heavy (non-hydrogen) atoms. The van der Waals surface area contributed by atoms with Crippen LogP contribution in [-0.4, -0.2) is 0 Å². The van der Waals surface area contributed by atoms with E-state index in [2.05, 4.69) is 132 Å². The largest absolute Gasteiger partial charge is 0.0654 e. The van der Waals surface area contributed by atoms with E-state index in [0.717, 1.165) is 5.92 Å². The van der Waals surface area contributed by atoms with E-state index in [4.69, 9.17) is 0 Å². The molecule has 6 unspecified atom stereocenters. The fraction of sp³-hybridized carbons (Fsp3) is 1.00. The lowest BCUT2D eigenvalue weighted by molar-refractivity contribution is -0.311. The summed E-state index contributed by atoms with van der Waals surface area (Å²) in [4.78, 5) is 0. The van der Waals surface area contributed by atoms with Crippen molar-refractivity contribution >= 4 is 0 Å². The normalized spacial score (nSPS) is 20.1. The van der Waals surface area contributed by atoms with Gasteiger partial charge in [-0.15, -0.1) is 0 Å². The molecule has 0 aromatic carbocycles. The highest BCUT2D eigenvalue weighted by molar-refractivity contribution is 5.23. The van der Waals surface area contributed by atoms with E-state index in [0.29, 0.717) is 23.7 Å². The molecule has 0 aromatic rings. The lowest BCUT2D eigenvalue weighted by atomic mass is 9.25. The van der Waals surface area contributed by atoms with E-state index in [9.17, 15) is 0 Å². The summed E-state index contributed by atoms with van der Waals surface area (Å²) in [5, 5.41) is 0. The smallest absolute Gasteiger partial charge is 0.00874 e. The zero-order valence-electron chi connectivity index (χ0n) is 35.5. The molecule has 0 nitrogen and oxygen atoms in total. The number of unbranched alkanes of at least 4 members (excludes halogenated alkanes) is 3. The van der Waals surface area contributed by atoms with Crippen LogP contribution in [-0.2, 0) is 0 Å². The lowest BCUT2D eigenvalue weighted by Crippen LogP contribution is -2.73.